The molecule has 0 radical (unpaired) electrons. The van der Waals surface area contributed by atoms with E-state index in [2.05, 4.69) is 17.2 Å². The molecule has 2 heterocycles. The highest BCUT2D eigenvalue weighted by molar-refractivity contribution is 6.40. The fourth-order valence-corrected chi connectivity index (χ4v) is 6.42. The number of carbonyl (C=O) groups excluding carboxylic acids is 1. The summed E-state index contributed by atoms with van der Waals surface area (Å²) in [6.07, 6.45) is 18.7. The fraction of sp³-hybridized carbons (Fsp3) is 0.579. The van der Waals surface area contributed by atoms with Gasteiger partial charge >= 0.3 is 0 Å². The summed E-state index contributed by atoms with van der Waals surface area (Å²) in [5.41, 5.74) is 3.78. The molecule has 1 fully saturated rings. The molecule has 0 bridgehead atoms. The number of hydrogen-bond acceptors (Lipinski definition) is 5. The van der Waals surface area contributed by atoms with Crippen LogP contribution in [0, 0.1) is 0 Å². The van der Waals surface area contributed by atoms with Crippen molar-refractivity contribution >= 4 is 29.1 Å². The molecule has 1 saturated heterocycles. The lowest BCUT2D eigenvalue weighted by Gasteiger charge is -2.36. The van der Waals surface area contributed by atoms with E-state index in [0.29, 0.717) is 31.1 Å². The van der Waals surface area contributed by atoms with Crippen molar-refractivity contribution in [3.63, 3.8) is 0 Å². The Morgan fingerprint density at radius 2 is 1.40 bits per heavy atom. The summed E-state index contributed by atoms with van der Waals surface area (Å²) in [6, 6.07) is 15.8. The first-order valence-electron chi connectivity index (χ1n) is 17.7. The number of hydrogen-bond donors (Lipinski definition) is 2. The van der Waals surface area contributed by atoms with Gasteiger partial charge in [0.1, 0.15) is 5.15 Å². The summed E-state index contributed by atoms with van der Waals surface area (Å²) >= 11 is 12.4. The average Bonchev–Trinajstić information content (AvgIpc) is 3.41. The van der Waals surface area contributed by atoms with Crippen LogP contribution in [0.15, 0.2) is 54.9 Å². The van der Waals surface area contributed by atoms with Crippen molar-refractivity contribution < 1.29 is 19.4 Å². The Hall–Kier alpha value is -2.42. The van der Waals surface area contributed by atoms with Crippen LogP contribution in [0.25, 0.3) is 0 Å². The minimum atomic E-state index is -0.590. The zero-order chi connectivity index (χ0) is 33.3. The Balaban J connectivity index is 1.19. The standard InChI is InChI=1S/C38H53Cl2N3O4/c1-2-3-4-5-6-7-8-9-10-11-12-13-14-15-35(45)41-25-29-16-22-32(23-17-29)38-46-33(26-43-28-42-36(39)37(43)40)24-34(47-38)31-20-18-30(27-44)19-21-31/h16-23,28,33-34,38,44H,2-15,24-27H2,1H3,(H,41,45). The van der Waals surface area contributed by atoms with Crippen LogP contribution in [0.3, 0.4) is 0 Å². The van der Waals surface area contributed by atoms with Gasteiger partial charge in [0.25, 0.3) is 0 Å². The molecular weight excluding hydrogens is 633 g/mol. The van der Waals surface area contributed by atoms with Gasteiger partial charge in [0.05, 0.1) is 31.7 Å². The van der Waals surface area contributed by atoms with Gasteiger partial charge in [0.15, 0.2) is 11.4 Å². The monoisotopic (exact) mass is 685 g/mol. The lowest BCUT2D eigenvalue weighted by molar-refractivity contribution is -0.252. The highest BCUT2D eigenvalue weighted by Gasteiger charge is 2.33. The van der Waals surface area contributed by atoms with Gasteiger partial charge in [-0.05, 0) is 23.1 Å². The minimum Gasteiger partial charge on any atom is -0.392 e. The normalized spacial score (nSPS) is 18.0. The number of nitrogens with one attached hydrogen (secondary N) is 1. The van der Waals surface area contributed by atoms with Crippen molar-refractivity contribution in [2.45, 2.75) is 141 Å². The highest BCUT2D eigenvalue weighted by atomic mass is 35.5. The van der Waals surface area contributed by atoms with Gasteiger partial charge < -0.3 is 24.5 Å². The van der Waals surface area contributed by atoms with Gasteiger partial charge in [-0.1, -0.05) is 156 Å². The molecule has 9 heteroatoms. The molecule has 7 nitrogen and oxygen atoms in total. The highest BCUT2D eigenvalue weighted by Crippen LogP contribution is 2.39. The van der Waals surface area contributed by atoms with Crippen LogP contribution in [0.5, 0.6) is 0 Å². The van der Waals surface area contributed by atoms with E-state index in [9.17, 15) is 9.90 Å². The molecule has 1 aliphatic heterocycles. The van der Waals surface area contributed by atoms with E-state index in [-0.39, 0.29) is 29.9 Å². The van der Waals surface area contributed by atoms with Crippen molar-refractivity contribution in [2.24, 2.45) is 0 Å². The van der Waals surface area contributed by atoms with Crippen LogP contribution < -0.4 is 5.32 Å². The van der Waals surface area contributed by atoms with Gasteiger partial charge in [-0.25, -0.2) is 4.98 Å². The van der Waals surface area contributed by atoms with Gasteiger partial charge in [-0.3, -0.25) is 4.79 Å². The van der Waals surface area contributed by atoms with Crippen LogP contribution in [0.4, 0.5) is 0 Å². The van der Waals surface area contributed by atoms with Gasteiger partial charge in [-0.15, -0.1) is 0 Å². The summed E-state index contributed by atoms with van der Waals surface area (Å²) in [7, 11) is 0. The topological polar surface area (TPSA) is 85.6 Å². The van der Waals surface area contributed by atoms with E-state index in [4.69, 9.17) is 32.7 Å². The molecule has 0 spiro atoms. The predicted octanol–water partition coefficient (Wildman–Crippen LogP) is 10.0. The first kappa shape index (κ1) is 37.4. The Morgan fingerprint density at radius 1 is 0.830 bits per heavy atom. The Kier molecular flexibility index (Phi) is 16.6. The zero-order valence-corrected chi connectivity index (χ0v) is 29.5. The molecule has 47 heavy (non-hydrogen) atoms. The number of rotatable bonds is 21. The molecule has 3 atom stereocenters. The molecule has 1 aliphatic rings. The van der Waals surface area contributed by atoms with Crippen LogP contribution in [-0.4, -0.2) is 26.7 Å². The van der Waals surface area contributed by atoms with Crippen LogP contribution in [-0.2, 0) is 34.0 Å². The first-order valence-corrected chi connectivity index (χ1v) is 18.4. The maximum atomic E-state index is 12.5. The van der Waals surface area contributed by atoms with E-state index >= 15 is 0 Å². The number of aliphatic hydroxyl groups is 1. The summed E-state index contributed by atoms with van der Waals surface area (Å²) in [5.74, 6) is 0.104. The number of aliphatic hydroxyl groups excluding tert-OH is 1. The number of unbranched alkanes of at least 4 members (excludes halogenated alkanes) is 12. The molecule has 258 valence electrons. The van der Waals surface area contributed by atoms with Gasteiger partial charge in [0, 0.05) is 24.9 Å². The van der Waals surface area contributed by atoms with Crippen molar-refractivity contribution in [3.8, 4) is 0 Å². The van der Waals surface area contributed by atoms with Crippen LogP contribution >= 0.6 is 23.2 Å². The van der Waals surface area contributed by atoms with E-state index in [0.717, 1.165) is 35.1 Å². The third kappa shape index (κ3) is 12.8. The Morgan fingerprint density at radius 3 is 1.98 bits per heavy atom. The number of amides is 1. The van der Waals surface area contributed by atoms with Crippen molar-refractivity contribution in [1.82, 2.24) is 14.9 Å². The molecular formula is C38H53Cl2N3O4. The van der Waals surface area contributed by atoms with E-state index < -0.39 is 6.29 Å². The average molecular weight is 687 g/mol. The lowest BCUT2D eigenvalue weighted by atomic mass is 10.00. The van der Waals surface area contributed by atoms with E-state index in [1.165, 1.54) is 70.6 Å². The molecule has 2 aromatic carbocycles. The third-order valence-corrected chi connectivity index (χ3v) is 9.77. The van der Waals surface area contributed by atoms with Crippen LogP contribution in [0.2, 0.25) is 10.3 Å². The minimum absolute atomic E-state index is 0.00764. The second-order valence-electron chi connectivity index (χ2n) is 12.8. The largest absolute Gasteiger partial charge is 0.392 e. The molecule has 0 saturated carbocycles. The zero-order valence-electron chi connectivity index (χ0n) is 28.0. The maximum Gasteiger partial charge on any atom is 0.220 e. The maximum absolute atomic E-state index is 12.5. The lowest BCUT2D eigenvalue weighted by Crippen LogP contribution is -2.32. The molecule has 3 aromatic rings. The summed E-state index contributed by atoms with van der Waals surface area (Å²) in [6.45, 7) is 3.23. The first-order chi connectivity index (χ1) is 23.0. The predicted molar refractivity (Wildman–Crippen MR) is 189 cm³/mol. The number of imidazole rings is 1. The quantitative estimate of drug-likeness (QED) is 0.109. The molecule has 0 aliphatic carbocycles. The summed E-state index contributed by atoms with van der Waals surface area (Å²) in [5, 5.41) is 13.2. The second kappa shape index (κ2) is 20.8. The number of carbonyl (C=O) groups is 1. The van der Waals surface area contributed by atoms with Gasteiger partial charge in [-0.2, -0.15) is 0 Å². The molecule has 2 N–H and O–H groups in total. The number of aromatic nitrogens is 2. The second-order valence-corrected chi connectivity index (χ2v) is 13.6. The van der Waals surface area contributed by atoms with Gasteiger partial charge in [0.2, 0.25) is 5.91 Å². The molecule has 3 unspecified atom stereocenters. The molecule has 1 amide bonds. The fourth-order valence-electron chi connectivity index (χ4n) is 6.11. The third-order valence-electron chi connectivity index (χ3n) is 9.00. The molecule has 1 aromatic heterocycles. The molecule has 4 rings (SSSR count). The Labute approximate surface area is 291 Å². The smallest absolute Gasteiger partial charge is 0.220 e. The van der Waals surface area contributed by atoms with E-state index in [1.807, 2.05) is 48.5 Å². The number of benzene rings is 2. The number of nitrogens with zero attached hydrogens (tertiary/aromatic N) is 2. The SMILES string of the molecule is CCCCCCCCCCCCCCCC(=O)NCc1ccc(C2OC(Cn3cnc(Cl)c3Cl)CC(c3ccc(CO)cc3)O2)cc1. The van der Waals surface area contributed by atoms with Crippen molar-refractivity contribution in [1.29, 1.82) is 0 Å². The van der Waals surface area contributed by atoms with Crippen LogP contribution in [0.1, 0.15) is 138 Å². The summed E-state index contributed by atoms with van der Waals surface area (Å²) in [4.78, 5) is 16.6. The van der Waals surface area contributed by atoms with Crippen molar-refractivity contribution in [2.75, 3.05) is 0 Å². The number of ether oxygens (including phenoxy) is 2. The number of halogens is 2. The van der Waals surface area contributed by atoms with E-state index in [1.54, 1.807) is 10.9 Å². The summed E-state index contributed by atoms with van der Waals surface area (Å²) < 4.78 is 14.6. The Bertz CT molecular complexity index is 1320. The van der Waals surface area contributed by atoms with Crippen molar-refractivity contribution in [3.05, 3.63) is 87.4 Å².